The van der Waals surface area contributed by atoms with Crippen molar-refractivity contribution in [2.24, 2.45) is 0 Å². The van der Waals surface area contributed by atoms with Crippen molar-refractivity contribution in [3.8, 4) is 17.0 Å². The van der Waals surface area contributed by atoms with Gasteiger partial charge in [-0.3, -0.25) is 4.90 Å². The summed E-state index contributed by atoms with van der Waals surface area (Å²) in [6.45, 7) is 23.0. The van der Waals surface area contributed by atoms with E-state index >= 15 is 0 Å². The number of rotatable bonds is 12. The van der Waals surface area contributed by atoms with E-state index in [0.29, 0.717) is 29.1 Å². The highest BCUT2D eigenvalue weighted by Crippen LogP contribution is 2.38. The molecule has 4 saturated heterocycles. The second-order valence-electron chi connectivity index (χ2n) is 17.6. The standard InChI is InChI=1S/C25H33N3O4.C22H34BNO5/c1-5-28(20-8-10-31-11-9-20)23-13-19(12-22(17(23)2)25(29)30-4)18-6-7-24(26-14-18)32-21-15-27(3)16-21;1-8-24(17-9-11-27-12-10-17)19-14-16(13-18(15(19)2)20(25)26-7)23-28-21(3,4)22(5,6)29-23/h6-7,12-14,20-21H,5,8-11,15-16H2,1-4H3;13-14,17H,8-12H2,1-7H3. The first-order valence-electron chi connectivity index (χ1n) is 21.9. The van der Waals surface area contributed by atoms with E-state index in [-0.39, 0.29) is 18.0 Å². The summed E-state index contributed by atoms with van der Waals surface area (Å²) >= 11 is 0. The number of hydrogen-bond acceptors (Lipinski definition) is 13. The van der Waals surface area contributed by atoms with Gasteiger partial charge in [0.25, 0.3) is 0 Å². The molecule has 0 saturated carbocycles. The molecule has 4 fully saturated rings. The smallest absolute Gasteiger partial charge is 0.472 e. The highest BCUT2D eigenvalue weighted by Gasteiger charge is 2.52. The maximum absolute atomic E-state index is 12.6. The molecule has 3 aromatic rings. The lowest BCUT2D eigenvalue weighted by Gasteiger charge is -2.37. The van der Waals surface area contributed by atoms with Crippen LogP contribution in [0, 0.1) is 13.8 Å². The predicted octanol–water partition coefficient (Wildman–Crippen LogP) is 6.63. The Bertz CT molecular complexity index is 1960. The predicted molar refractivity (Wildman–Crippen MR) is 240 cm³/mol. The lowest BCUT2D eigenvalue weighted by molar-refractivity contribution is 0.00578. The van der Waals surface area contributed by atoms with E-state index in [2.05, 4.69) is 52.7 Å². The molecule has 0 N–H and O–H groups in total. The molecule has 5 heterocycles. The number of likely N-dealkylation sites (N-methyl/N-ethyl adjacent to an activating group) is 1. The molecular formula is C47H67BN4O9. The van der Waals surface area contributed by atoms with Crippen molar-refractivity contribution >= 4 is 35.9 Å². The van der Waals surface area contributed by atoms with Crippen LogP contribution in [0.15, 0.2) is 42.6 Å². The van der Waals surface area contributed by atoms with E-state index in [1.54, 1.807) is 0 Å². The lowest BCUT2D eigenvalue weighted by atomic mass is 9.77. The van der Waals surface area contributed by atoms with E-state index in [0.717, 1.165) is 117 Å². The summed E-state index contributed by atoms with van der Waals surface area (Å²) in [6.07, 6.45) is 5.93. The van der Waals surface area contributed by atoms with Crippen molar-refractivity contribution in [1.82, 2.24) is 9.88 Å². The number of likely N-dealkylation sites (tertiary alicyclic amines) is 1. The number of ether oxygens (including phenoxy) is 5. The molecule has 4 aliphatic rings. The third kappa shape index (κ3) is 10.4. The molecule has 7 rings (SSSR count). The summed E-state index contributed by atoms with van der Waals surface area (Å²) in [4.78, 5) is 36.6. The lowest BCUT2D eigenvalue weighted by Crippen LogP contribution is -2.51. The number of hydrogen-bond donors (Lipinski definition) is 0. The summed E-state index contributed by atoms with van der Waals surface area (Å²) in [5.74, 6) is -0.0365. The molecule has 0 spiro atoms. The van der Waals surface area contributed by atoms with Crippen LogP contribution in [0.5, 0.6) is 5.88 Å². The number of methoxy groups -OCH3 is 2. The first-order valence-corrected chi connectivity index (χ1v) is 21.9. The Balaban J connectivity index is 0.000000205. The molecule has 61 heavy (non-hydrogen) atoms. The summed E-state index contributed by atoms with van der Waals surface area (Å²) in [5.41, 5.74) is 6.94. The van der Waals surface area contributed by atoms with Crippen molar-refractivity contribution in [2.75, 3.05) is 83.7 Å². The van der Waals surface area contributed by atoms with Gasteiger partial charge in [-0.05, 0) is 141 Å². The molecule has 0 bridgehead atoms. The Morgan fingerprint density at radius 1 is 0.754 bits per heavy atom. The third-order valence-corrected chi connectivity index (χ3v) is 13.1. The summed E-state index contributed by atoms with van der Waals surface area (Å²) in [6, 6.07) is 12.7. The number of anilines is 2. The van der Waals surface area contributed by atoms with Crippen LogP contribution < -0.4 is 20.0 Å². The molecule has 14 heteroatoms. The number of pyridine rings is 1. The fourth-order valence-corrected chi connectivity index (χ4v) is 8.69. The molecule has 1 aromatic heterocycles. The van der Waals surface area contributed by atoms with Gasteiger partial charge in [0.2, 0.25) is 5.88 Å². The fraction of sp³-hybridized carbons (Fsp3) is 0.596. The first-order chi connectivity index (χ1) is 29.1. The van der Waals surface area contributed by atoms with Crippen LogP contribution in [0.2, 0.25) is 0 Å². The van der Waals surface area contributed by atoms with Gasteiger partial charge < -0.3 is 42.8 Å². The minimum Gasteiger partial charge on any atom is -0.472 e. The monoisotopic (exact) mass is 843 g/mol. The number of esters is 2. The average Bonchev–Trinajstić information content (AvgIpc) is 3.48. The van der Waals surface area contributed by atoms with Gasteiger partial charge in [-0.15, -0.1) is 0 Å². The fourth-order valence-electron chi connectivity index (χ4n) is 8.69. The highest BCUT2D eigenvalue weighted by molar-refractivity contribution is 6.62. The van der Waals surface area contributed by atoms with Crippen molar-refractivity contribution in [1.29, 1.82) is 0 Å². The van der Waals surface area contributed by atoms with Crippen LogP contribution in [0.3, 0.4) is 0 Å². The Kier molecular flexibility index (Phi) is 15.1. The second-order valence-corrected chi connectivity index (χ2v) is 17.6. The van der Waals surface area contributed by atoms with E-state index in [4.69, 9.17) is 33.0 Å². The molecule has 0 amide bonds. The van der Waals surface area contributed by atoms with Gasteiger partial charge in [0.05, 0.1) is 36.5 Å². The summed E-state index contributed by atoms with van der Waals surface area (Å²) < 4.78 is 39.7. The van der Waals surface area contributed by atoms with E-state index in [1.807, 2.05) is 72.0 Å². The minimum atomic E-state index is -0.531. The molecule has 0 unspecified atom stereocenters. The van der Waals surface area contributed by atoms with Gasteiger partial charge in [0.1, 0.15) is 6.10 Å². The largest absolute Gasteiger partial charge is 0.494 e. The molecule has 0 aliphatic carbocycles. The van der Waals surface area contributed by atoms with E-state index in [9.17, 15) is 9.59 Å². The Morgan fingerprint density at radius 3 is 1.69 bits per heavy atom. The normalized spacial score (nSPS) is 19.4. The van der Waals surface area contributed by atoms with E-state index in [1.165, 1.54) is 14.2 Å². The van der Waals surface area contributed by atoms with Crippen LogP contribution in [0.25, 0.3) is 11.1 Å². The number of benzene rings is 2. The number of carbonyl (C=O) groups is 2. The topological polar surface area (TPSA) is 121 Å². The zero-order chi connectivity index (χ0) is 44.1. The van der Waals surface area contributed by atoms with Gasteiger partial charge in [0, 0.05) is 93.9 Å². The van der Waals surface area contributed by atoms with Gasteiger partial charge in [-0.2, -0.15) is 0 Å². The quantitative estimate of drug-likeness (QED) is 0.144. The Hall–Kier alpha value is -4.21. The maximum Gasteiger partial charge on any atom is 0.494 e. The minimum absolute atomic E-state index is 0.202. The van der Waals surface area contributed by atoms with E-state index < -0.39 is 18.3 Å². The number of nitrogens with zero attached hydrogens (tertiary/aromatic N) is 4. The van der Waals surface area contributed by atoms with Crippen LogP contribution in [0.4, 0.5) is 11.4 Å². The average molecular weight is 843 g/mol. The Morgan fingerprint density at radius 2 is 1.25 bits per heavy atom. The zero-order valence-corrected chi connectivity index (χ0v) is 38.3. The Labute approximate surface area is 363 Å². The van der Waals surface area contributed by atoms with Gasteiger partial charge in [-0.25, -0.2) is 14.6 Å². The number of carbonyl (C=O) groups excluding carboxylic acids is 2. The van der Waals surface area contributed by atoms with Crippen LogP contribution in [-0.2, 0) is 28.3 Å². The highest BCUT2D eigenvalue weighted by atomic mass is 16.7. The summed E-state index contributed by atoms with van der Waals surface area (Å²) in [7, 11) is 4.38. The maximum atomic E-state index is 12.6. The molecule has 0 radical (unpaired) electrons. The van der Waals surface area contributed by atoms with Gasteiger partial charge in [-0.1, -0.05) is 0 Å². The second kappa shape index (κ2) is 19.9. The van der Waals surface area contributed by atoms with Crippen LogP contribution in [0.1, 0.15) is 99.1 Å². The third-order valence-electron chi connectivity index (χ3n) is 13.1. The molecular weight excluding hydrogens is 775 g/mol. The first kappa shape index (κ1) is 46.3. The number of aromatic nitrogens is 1. The van der Waals surface area contributed by atoms with Gasteiger partial charge in [0.15, 0.2) is 0 Å². The zero-order valence-electron chi connectivity index (χ0n) is 38.3. The molecule has 2 aromatic carbocycles. The van der Waals surface area contributed by atoms with Crippen molar-refractivity contribution in [2.45, 2.75) is 110 Å². The van der Waals surface area contributed by atoms with Crippen LogP contribution >= 0.6 is 0 Å². The SMILES string of the molecule is CCN(c1cc(-c2ccc(OC3CN(C)C3)nc2)cc(C(=O)OC)c1C)C1CCOCC1.CCN(c1cc(B2OC(C)(C)C(C)(C)O2)cc(C(=O)OC)c1C)C1CCOCC1. The van der Waals surface area contributed by atoms with Crippen molar-refractivity contribution in [3.63, 3.8) is 0 Å². The molecule has 0 atom stereocenters. The van der Waals surface area contributed by atoms with Crippen molar-refractivity contribution < 1.29 is 42.6 Å². The molecule has 332 valence electrons. The summed E-state index contributed by atoms with van der Waals surface area (Å²) in [5, 5.41) is 0. The van der Waals surface area contributed by atoms with Crippen LogP contribution in [-0.4, -0.2) is 132 Å². The molecule has 13 nitrogen and oxygen atoms in total. The molecule has 4 aliphatic heterocycles. The van der Waals surface area contributed by atoms with Gasteiger partial charge >= 0.3 is 19.1 Å². The van der Waals surface area contributed by atoms with Crippen molar-refractivity contribution in [3.05, 3.63) is 64.8 Å².